The minimum atomic E-state index is -1.13. The number of nitrogens with one attached hydrogen (secondary N) is 2. The largest absolute Gasteiger partial charge is 0.385 e. The van der Waals surface area contributed by atoms with Crippen LogP contribution in [0, 0.1) is 18.8 Å². The van der Waals surface area contributed by atoms with E-state index in [4.69, 9.17) is 5.10 Å². The average Bonchev–Trinajstić information content (AvgIpc) is 3.55. The van der Waals surface area contributed by atoms with Gasteiger partial charge in [0.05, 0.1) is 35.0 Å². The molecule has 47 heavy (non-hydrogen) atoms. The van der Waals surface area contributed by atoms with Crippen LogP contribution >= 0.6 is 0 Å². The Kier molecular flexibility index (Phi) is 14.4. The number of hydrogen-bond donors (Lipinski definition) is 2. The standard InChI is InChI=1S/C19H24FN7.C9H16FN.C3H6.2C2H4.C2H2/c1-12-9-26(10-12)18-13-7-22-14(17-15(21-2)8-23-24-17)6-16(13)27(25-18)11-19(20)4-3-5-19;1-8(10)3-4-9(5-6-9)11(2)7-8;1-3-2;3*1-2/h6-8,12,21H,3-5,9-11H2,1-2H3,(H,23,24);3-7H2,1-2H3;3H,1H2,2H3;2*1-2H2;1-2H. The van der Waals surface area contributed by atoms with Gasteiger partial charge in [-0.15, -0.1) is 45.7 Å². The number of halogens is 2. The fraction of sp³-hybridized carbons (Fsp3) is 0.541. The van der Waals surface area contributed by atoms with Crippen LogP contribution in [-0.4, -0.2) is 80.5 Å². The van der Waals surface area contributed by atoms with Gasteiger partial charge in [-0.2, -0.15) is 10.2 Å². The fourth-order valence-corrected chi connectivity index (χ4v) is 6.27. The number of aromatic amines is 1. The lowest BCUT2D eigenvalue weighted by molar-refractivity contribution is 0.0288. The van der Waals surface area contributed by atoms with Gasteiger partial charge in [-0.25, -0.2) is 8.78 Å². The van der Waals surface area contributed by atoms with Crippen LogP contribution in [0.4, 0.5) is 20.3 Å². The zero-order chi connectivity index (χ0) is 35.4. The molecule has 7 rings (SSSR count). The van der Waals surface area contributed by atoms with E-state index in [9.17, 15) is 8.78 Å². The highest BCUT2D eigenvalue weighted by Gasteiger charge is 2.51. The highest BCUT2D eigenvalue weighted by molar-refractivity contribution is 5.93. The molecule has 10 heteroatoms. The number of likely N-dealkylation sites (tertiary alicyclic amines) is 1. The molecule has 3 aromatic heterocycles. The van der Waals surface area contributed by atoms with E-state index in [1.165, 1.54) is 12.8 Å². The van der Waals surface area contributed by atoms with Gasteiger partial charge in [-0.05, 0) is 77.8 Å². The Morgan fingerprint density at radius 2 is 1.66 bits per heavy atom. The van der Waals surface area contributed by atoms with Gasteiger partial charge in [0.15, 0.2) is 5.82 Å². The molecule has 0 aromatic carbocycles. The number of rotatable bonds is 5. The van der Waals surface area contributed by atoms with Crippen LogP contribution in [0.25, 0.3) is 22.3 Å². The highest BCUT2D eigenvalue weighted by atomic mass is 19.1. The van der Waals surface area contributed by atoms with Crippen molar-refractivity contribution in [3.8, 4) is 24.2 Å². The van der Waals surface area contributed by atoms with Crippen molar-refractivity contribution < 1.29 is 8.78 Å². The summed E-state index contributed by atoms with van der Waals surface area (Å²) in [5.74, 6) is 1.59. The Labute approximate surface area is 281 Å². The maximum absolute atomic E-state index is 14.9. The van der Waals surface area contributed by atoms with Crippen LogP contribution in [0.1, 0.15) is 65.7 Å². The molecule has 8 nitrogen and oxygen atoms in total. The summed E-state index contributed by atoms with van der Waals surface area (Å²) in [7, 11) is 3.91. The molecule has 258 valence electrons. The minimum Gasteiger partial charge on any atom is -0.385 e. The maximum Gasteiger partial charge on any atom is 0.160 e. The molecule has 1 atom stereocenters. The van der Waals surface area contributed by atoms with Gasteiger partial charge < -0.3 is 10.2 Å². The van der Waals surface area contributed by atoms with Crippen LogP contribution in [-0.2, 0) is 6.54 Å². The predicted molar refractivity (Wildman–Crippen MR) is 195 cm³/mol. The molecule has 1 unspecified atom stereocenters. The van der Waals surface area contributed by atoms with E-state index in [0.717, 1.165) is 66.1 Å². The summed E-state index contributed by atoms with van der Waals surface area (Å²) in [5.41, 5.74) is 1.78. The molecule has 4 aliphatic rings. The van der Waals surface area contributed by atoms with Crippen molar-refractivity contribution in [3.63, 3.8) is 0 Å². The minimum absolute atomic E-state index is 0.304. The molecule has 2 aliphatic carbocycles. The first kappa shape index (κ1) is 39.2. The van der Waals surface area contributed by atoms with E-state index in [1.807, 2.05) is 30.9 Å². The molecule has 0 amide bonds. The van der Waals surface area contributed by atoms with Gasteiger partial charge in [0, 0.05) is 38.4 Å². The first-order valence-corrected chi connectivity index (χ1v) is 16.3. The monoisotopic (exact) mass is 650 g/mol. The number of nitrogens with zero attached hydrogens (tertiary/aromatic N) is 6. The molecule has 0 bridgehead atoms. The average molecular weight is 651 g/mol. The zero-order valence-electron chi connectivity index (χ0n) is 29.3. The van der Waals surface area contributed by atoms with Gasteiger partial charge in [0.2, 0.25) is 0 Å². The number of anilines is 2. The second kappa shape index (κ2) is 17.3. The third-order valence-electron chi connectivity index (χ3n) is 9.14. The summed E-state index contributed by atoms with van der Waals surface area (Å²) >= 11 is 0. The van der Waals surface area contributed by atoms with E-state index in [-0.39, 0.29) is 0 Å². The quantitative estimate of drug-likeness (QED) is 0.214. The lowest BCUT2D eigenvalue weighted by atomic mass is 9.82. The summed E-state index contributed by atoms with van der Waals surface area (Å²) in [5, 5.41) is 16.0. The maximum atomic E-state index is 14.9. The Hall–Kier alpha value is -3.97. The van der Waals surface area contributed by atoms with Crippen molar-refractivity contribution in [1.82, 2.24) is 29.9 Å². The second-order valence-electron chi connectivity index (χ2n) is 12.9. The van der Waals surface area contributed by atoms with Gasteiger partial charge in [-0.3, -0.25) is 19.7 Å². The molecule has 4 fully saturated rings. The zero-order valence-corrected chi connectivity index (χ0v) is 29.3. The van der Waals surface area contributed by atoms with Crippen LogP contribution in [0.15, 0.2) is 57.4 Å². The predicted octanol–water partition coefficient (Wildman–Crippen LogP) is 8.23. The number of alkyl halides is 2. The molecule has 0 radical (unpaired) electrons. The van der Waals surface area contributed by atoms with Crippen molar-refractivity contribution >= 4 is 22.4 Å². The van der Waals surface area contributed by atoms with E-state index in [1.54, 1.807) is 19.2 Å². The summed E-state index contributed by atoms with van der Waals surface area (Å²) < 4.78 is 30.2. The number of hydrogen-bond acceptors (Lipinski definition) is 6. The van der Waals surface area contributed by atoms with E-state index in [0.29, 0.717) is 37.4 Å². The summed E-state index contributed by atoms with van der Waals surface area (Å²) in [4.78, 5) is 9.11. The van der Waals surface area contributed by atoms with Crippen LogP contribution in [0.2, 0.25) is 0 Å². The lowest BCUT2D eigenvalue weighted by Crippen LogP contribution is -2.48. The smallest absolute Gasteiger partial charge is 0.160 e. The Morgan fingerprint density at radius 1 is 1.06 bits per heavy atom. The van der Waals surface area contributed by atoms with Crippen molar-refractivity contribution in [1.29, 1.82) is 0 Å². The SMILES string of the molecule is C#C.C=C.C=C.C=CC.CN1CC(C)(F)CCC12CC2.CNc1cn[nH]c1-c1cc2c(cn1)c(N1CC(C)C1)nn2CC1(F)CCC1. The van der Waals surface area contributed by atoms with Crippen molar-refractivity contribution in [2.24, 2.45) is 5.92 Å². The third kappa shape index (κ3) is 9.32. The van der Waals surface area contributed by atoms with Crippen LogP contribution < -0.4 is 10.2 Å². The summed E-state index contributed by atoms with van der Waals surface area (Å²) in [6.45, 7) is 24.1. The lowest BCUT2D eigenvalue weighted by Gasteiger charge is -2.39. The molecule has 5 heterocycles. The van der Waals surface area contributed by atoms with E-state index >= 15 is 0 Å². The number of pyridine rings is 1. The third-order valence-corrected chi connectivity index (χ3v) is 9.14. The first-order valence-electron chi connectivity index (χ1n) is 16.3. The topological polar surface area (TPSA) is 77.9 Å². The van der Waals surface area contributed by atoms with Gasteiger partial charge in [0.1, 0.15) is 17.0 Å². The van der Waals surface area contributed by atoms with Crippen molar-refractivity contribution in [3.05, 3.63) is 57.4 Å². The second-order valence-corrected chi connectivity index (χ2v) is 12.9. The Morgan fingerprint density at radius 3 is 2.15 bits per heavy atom. The number of terminal acetylenes is 1. The number of H-pyrrole nitrogens is 1. The molecule has 2 saturated carbocycles. The Balaban J connectivity index is 0.000000319. The molecule has 3 aromatic rings. The van der Waals surface area contributed by atoms with Crippen molar-refractivity contribution in [2.45, 2.75) is 89.1 Å². The number of allylic oxidation sites excluding steroid dienone is 1. The van der Waals surface area contributed by atoms with Crippen molar-refractivity contribution in [2.75, 3.05) is 43.9 Å². The molecule has 2 saturated heterocycles. The Bertz CT molecular complexity index is 1420. The summed E-state index contributed by atoms with van der Waals surface area (Å²) in [6, 6.07) is 1.99. The number of aromatic nitrogens is 5. The van der Waals surface area contributed by atoms with Gasteiger partial charge in [0.25, 0.3) is 0 Å². The number of fused-ring (bicyclic) bond motifs is 1. The first-order chi connectivity index (χ1) is 22.5. The fourth-order valence-electron chi connectivity index (χ4n) is 6.27. The van der Waals surface area contributed by atoms with Gasteiger partial charge >= 0.3 is 0 Å². The normalized spacial score (nSPS) is 21.5. The van der Waals surface area contributed by atoms with Crippen LogP contribution in [0.3, 0.4) is 0 Å². The van der Waals surface area contributed by atoms with Gasteiger partial charge in [-0.1, -0.05) is 13.0 Å². The van der Waals surface area contributed by atoms with Crippen LogP contribution in [0.5, 0.6) is 0 Å². The molecular formula is C37H56F2N8. The molecule has 2 aliphatic heterocycles. The van der Waals surface area contributed by atoms with E-state index < -0.39 is 11.3 Å². The molecule has 2 N–H and O–H groups in total. The highest BCUT2D eigenvalue weighted by Crippen LogP contribution is 2.50. The molecular weight excluding hydrogens is 594 g/mol. The molecule has 1 spiro atoms. The summed E-state index contributed by atoms with van der Waals surface area (Å²) in [6.07, 6.45) is 19.9. The number of piperidine rings is 1. The van der Waals surface area contributed by atoms with E-state index in [2.05, 4.69) is 90.0 Å².